The maximum atomic E-state index is 11.7. The molecule has 17 heavy (non-hydrogen) atoms. The van der Waals surface area contributed by atoms with E-state index in [1.807, 2.05) is 6.07 Å². The summed E-state index contributed by atoms with van der Waals surface area (Å²) in [6, 6.07) is 7.73. The highest BCUT2D eigenvalue weighted by molar-refractivity contribution is 5.83. The van der Waals surface area contributed by atoms with Crippen LogP contribution in [-0.2, 0) is 9.59 Å². The van der Waals surface area contributed by atoms with Gasteiger partial charge in [-0.1, -0.05) is 30.3 Å². The van der Waals surface area contributed by atoms with Gasteiger partial charge in [0, 0.05) is 6.04 Å². The fourth-order valence-electron chi connectivity index (χ4n) is 1.46. The monoisotopic (exact) mass is 236 g/mol. The lowest BCUT2D eigenvalue weighted by atomic mass is 10.1. The molecular weight excluding hydrogens is 220 g/mol. The average molecular weight is 236 g/mol. The van der Waals surface area contributed by atoms with Crippen LogP contribution in [0.5, 0.6) is 0 Å². The second kappa shape index (κ2) is 6.00. The number of amides is 1. The molecule has 1 aromatic carbocycles. The Hall–Kier alpha value is -1.88. The minimum Gasteiger partial charge on any atom is -0.481 e. The van der Waals surface area contributed by atoms with Gasteiger partial charge in [0.1, 0.15) is 6.04 Å². The number of carbonyl (C=O) groups excluding carboxylic acids is 1. The van der Waals surface area contributed by atoms with Crippen LogP contribution < -0.4 is 11.1 Å². The number of benzene rings is 1. The van der Waals surface area contributed by atoms with Crippen LogP contribution in [0.3, 0.4) is 0 Å². The SMILES string of the molecule is CC(CC(=O)O)NC(=O)[C@@H](N)c1ccccc1. The predicted octanol–water partition coefficient (Wildman–Crippen LogP) is 0.666. The Labute approximate surface area is 99.6 Å². The van der Waals surface area contributed by atoms with E-state index in [2.05, 4.69) is 5.32 Å². The first-order valence-electron chi connectivity index (χ1n) is 5.33. The lowest BCUT2D eigenvalue weighted by molar-refractivity contribution is -0.137. The third kappa shape index (κ3) is 4.24. The van der Waals surface area contributed by atoms with Gasteiger partial charge >= 0.3 is 5.97 Å². The standard InChI is InChI=1S/C12H16N2O3/c1-8(7-10(15)16)14-12(17)11(13)9-5-3-2-4-6-9/h2-6,8,11H,7,13H2,1H3,(H,14,17)(H,15,16)/t8?,11-/m0/s1. The lowest BCUT2D eigenvalue weighted by Crippen LogP contribution is -2.40. The molecule has 5 nitrogen and oxygen atoms in total. The Morgan fingerprint density at radius 1 is 1.35 bits per heavy atom. The second-order valence-electron chi connectivity index (χ2n) is 3.90. The van der Waals surface area contributed by atoms with E-state index in [0.29, 0.717) is 5.56 Å². The van der Waals surface area contributed by atoms with Crippen LogP contribution in [0, 0.1) is 0 Å². The molecule has 5 heteroatoms. The van der Waals surface area contributed by atoms with Crippen molar-refractivity contribution in [1.29, 1.82) is 0 Å². The van der Waals surface area contributed by atoms with Crippen LogP contribution in [0.1, 0.15) is 24.9 Å². The average Bonchev–Trinajstić information content (AvgIpc) is 2.28. The van der Waals surface area contributed by atoms with Gasteiger partial charge in [-0.05, 0) is 12.5 Å². The number of rotatable bonds is 5. The molecule has 4 N–H and O–H groups in total. The van der Waals surface area contributed by atoms with Crippen molar-refractivity contribution in [1.82, 2.24) is 5.32 Å². The van der Waals surface area contributed by atoms with E-state index in [0.717, 1.165) is 0 Å². The van der Waals surface area contributed by atoms with Crippen LogP contribution in [0.4, 0.5) is 0 Å². The number of hydrogen-bond acceptors (Lipinski definition) is 3. The minimum atomic E-state index is -0.953. The largest absolute Gasteiger partial charge is 0.481 e. The zero-order valence-electron chi connectivity index (χ0n) is 9.59. The Balaban J connectivity index is 2.56. The van der Waals surface area contributed by atoms with Crippen molar-refractivity contribution in [3.63, 3.8) is 0 Å². The Bertz CT molecular complexity index is 392. The molecule has 0 aliphatic carbocycles. The van der Waals surface area contributed by atoms with Crippen molar-refractivity contribution in [2.75, 3.05) is 0 Å². The third-order valence-corrected chi connectivity index (χ3v) is 2.31. The van der Waals surface area contributed by atoms with E-state index >= 15 is 0 Å². The summed E-state index contributed by atoms with van der Waals surface area (Å²) in [5, 5.41) is 11.1. The molecule has 0 saturated heterocycles. The topological polar surface area (TPSA) is 92.4 Å². The lowest BCUT2D eigenvalue weighted by Gasteiger charge is -2.16. The van der Waals surface area contributed by atoms with Crippen LogP contribution >= 0.6 is 0 Å². The smallest absolute Gasteiger partial charge is 0.305 e. The number of carboxylic acid groups (broad SMARTS) is 1. The normalized spacial score (nSPS) is 13.8. The maximum Gasteiger partial charge on any atom is 0.305 e. The summed E-state index contributed by atoms with van der Waals surface area (Å²) in [4.78, 5) is 22.2. The highest BCUT2D eigenvalue weighted by Gasteiger charge is 2.18. The van der Waals surface area contributed by atoms with Gasteiger partial charge in [0.2, 0.25) is 5.91 Å². The molecule has 2 atom stereocenters. The zero-order valence-corrected chi connectivity index (χ0v) is 9.59. The second-order valence-corrected chi connectivity index (χ2v) is 3.90. The van der Waals surface area contributed by atoms with Gasteiger partial charge in [0.25, 0.3) is 0 Å². The molecule has 0 spiro atoms. The summed E-state index contributed by atoms with van der Waals surface area (Å²) in [6.07, 6.45) is -0.118. The molecule has 1 unspecified atom stereocenters. The quantitative estimate of drug-likeness (QED) is 0.700. The van der Waals surface area contributed by atoms with Crippen molar-refractivity contribution < 1.29 is 14.7 Å². The molecule has 0 aliphatic rings. The first kappa shape index (κ1) is 13.2. The molecule has 0 aliphatic heterocycles. The molecule has 0 heterocycles. The summed E-state index contributed by atoms with van der Waals surface area (Å²) >= 11 is 0. The number of carbonyl (C=O) groups is 2. The molecular formula is C12H16N2O3. The van der Waals surface area contributed by atoms with Crippen molar-refractivity contribution >= 4 is 11.9 Å². The predicted molar refractivity (Wildman–Crippen MR) is 63.2 cm³/mol. The van der Waals surface area contributed by atoms with Gasteiger partial charge in [-0.25, -0.2) is 0 Å². The summed E-state index contributed by atoms with van der Waals surface area (Å²) < 4.78 is 0. The van der Waals surface area contributed by atoms with E-state index in [9.17, 15) is 9.59 Å². The van der Waals surface area contributed by atoms with E-state index in [-0.39, 0.29) is 12.3 Å². The molecule has 0 fully saturated rings. The maximum absolute atomic E-state index is 11.7. The van der Waals surface area contributed by atoms with Crippen molar-refractivity contribution in [3.8, 4) is 0 Å². The molecule has 1 rings (SSSR count). The molecule has 0 saturated carbocycles. The first-order chi connectivity index (χ1) is 8.00. The highest BCUT2D eigenvalue weighted by Crippen LogP contribution is 2.09. The molecule has 0 aromatic heterocycles. The molecule has 0 radical (unpaired) electrons. The number of hydrogen-bond donors (Lipinski definition) is 3. The minimum absolute atomic E-state index is 0.118. The van der Waals surface area contributed by atoms with Crippen LogP contribution in [0.15, 0.2) is 30.3 Å². The van der Waals surface area contributed by atoms with Gasteiger partial charge < -0.3 is 16.2 Å². The van der Waals surface area contributed by atoms with Crippen LogP contribution in [0.25, 0.3) is 0 Å². The Kier molecular flexibility index (Phi) is 4.66. The first-order valence-corrected chi connectivity index (χ1v) is 5.33. The van der Waals surface area contributed by atoms with Gasteiger partial charge in [-0.3, -0.25) is 9.59 Å². The summed E-state index contributed by atoms with van der Waals surface area (Å²) in [5.74, 6) is -1.32. The zero-order chi connectivity index (χ0) is 12.8. The fraction of sp³-hybridized carbons (Fsp3) is 0.333. The van der Waals surface area contributed by atoms with Crippen LogP contribution in [-0.4, -0.2) is 23.0 Å². The summed E-state index contributed by atoms with van der Waals surface area (Å²) in [7, 11) is 0. The molecule has 0 bridgehead atoms. The molecule has 92 valence electrons. The summed E-state index contributed by atoms with van der Waals surface area (Å²) in [6.45, 7) is 1.63. The Morgan fingerprint density at radius 2 is 1.94 bits per heavy atom. The Morgan fingerprint density at radius 3 is 2.47 bits per heavy atom. The fourth-order valence-corrected chi connectivity index (χ4v) is 1.46. The van der Waals surface area contributed by atoms with Crippen LogP contribution in [0.2, 0.25) is 0 Å². The van der Waals surface area contributed by atoms with Gasteiger partial charge in [0.05, 0.1) is 6.42 Å². The van der Waals surface area contributed by atoms with Gasteiger partial charge in [0.15, 0.2) is 0 Å². The van der Waals surface area contributed by atoms with E-state index in [1.165, 1.54) is 0 Å². The molecule has 1 amide bonds. The number of aliphatic carboxylic acids is 1. The third-order valence-electron chi connectivity index (χ3n) is 2.31. The number of nitrogens with two attached hydrogens (primary N) is 1. The summed E-state index contributed by atoms with van der Waals surface area (Å²) in [5.41, 5.74) is 6.46. The number of carboxylic acids is 1. The van der Waals surface area contributed by atoms with Gasteiger partial charge in [-0.15, -0.1) is 0 Å². The van der Waals surface area contributed by atoms with E-state index in [4.69, 9.17) is 10.8 Å². The van der Waals surface area contributed by atoms with E-state index in [1.54, 1.807) is 31.2 Å². The van der Waals surface area contributed by atoms with Gasteiger partial charge in [-0.2, -0.15) is 0 Å². The number of nitrogens with one attached hydrogen (secondary N) is 1. The van der Waals surface area contributed by atoms with Crippen molar-refractivity contribution in [2.45, 2.75) is 25.4 Å². The van der Waals surface area contributed by atoms with Crippen molar-refractivity contribution in [3.05, 3.63) is 35.9 Å². The van der Waals surface area contributed by atoms with Crippen molar-refractivity contribution in [2.24, 2.45) is 5.73 Å². The molecule has 1 aromatic rings. The highest BCUT2D eigenvalue weighted by atomic mass is 16.4. The van der Waals surface area contributed by atoms with E-state index < -0.39 is 18.1 Å².